The molecule has 31 heavy (non-hydrogen) atoms. The fraction of sp³-hybridized carbons (Fsp3) is 0.190. The minimum Gasteiger partial charge on any atom is -0.382 e. The molecule has 0 saturated carbocycles. The average molecular weight is 432 g/mol. The van der Waals surface area contributed by atoms with Gasteiger partial charge in [0.05, 0.1) is 18.0 Å². The molecule has 0 aliphatic carbocycles. The van der Waals surface area contributed by atoms with Gasteiger partial charge in [-0.3, -0.25) is 0 Å². The van der Waals surface area contributed by atoms with Crippen molar-refractivity contribution in [2.75, 3.05) is 0 Å². The van der Waals surface area contributed by atoms with Gasteiger partial charge >= 0.3 is 0 Å². The van der Waals surface area contributed by atoms with Crippen LogP contribution in [-0.4, -0.2) is 25.0 Å². The maximum absolute atomic E-state index is 14.6. The molecule has 10 heteroatoms. The normalized spacial score (nSPS) is 14.4. The van der Waals surface area contributed by atoms with Gasteiger partial charge in [0, 0.05) is 17.7 Å². The first-order valence-corrected chi connectivity index (χ1v) is 9.21. The number of aromatic nitrogens is 4. The van der Waals surface area contributed by atoms with Crippen molar-refractivity contribution in [1.82, 2.24) is 19.9 Å². The maximum Gasteiger partial charge on any atom is 0.143 e. The number of hydrogen-bond donors (Lipinski definition) is 1. The van der Waals surface area contributed by atoms with Gasteiger partial charge in [0.1, 0.15) is 53.0 Å². The largest absolute Gasteiger partial charge is 0.382 e. The van der Waals surface area contributed by atoms with Crippen LogP contribution in [0.3, 0.4) is 0 Å². The summed E-state index contributed by atoms with van der Waals surface area (Å²) in [4.78, 5) is 3.80. The molecule has 160 valence electrons. The first-order valence-electron chi connectivity index (χ1n) is 9.21. The van der Waals surface area contributed by atoms with E-state index in [9.17, 15) is 22.7 Å². The number of aliphatic hydroxyl groups is 1. The molecule has 0 aliphatic rings. The molecule has 0 radical (unpaired) electrons. The summed E-state index contributed by atoms with van der Waals surface area (Å²) in [5.41, 5.74) is -2.72. The number of nitrogens with zero attached hydrogens (tertiary/aromatic N) is 4. The highest BCUT2D eigenvalue weighted by Gasteiger charge is 2.42. The summed E-state index contributed by atoms with van der Waals surface area (Å²) >= 11 is 0. The molecule has 0 saturated heterocycles. The molecule has 6 nitrogen and oxygen atoms in total. The third-order valence-electron chi connectivity index (χ3n) is 5.16. The lowest BCUT2D eigenvalue weighted by Crippen LogP contribution is -2.38. The molecule has 0 bridgehead atoms. The first kappa shape index (κ1) is 20.7. The number of benzene rings is 2. The third kappa shape index (κ3) is 3.81. The Morgan fingerprint density at radius 1 is 1.06 bits per heavy atom. The highest BCUT2D eigenvalue weighted by atomic mass is 19.1. The van der Waals surface area contributed by atoms with Crippen LogP contribution in [0.5, 0.6) is 0 Å². The van der Waals surface area contributed by atoms with Gasteiger partial charge in [-0.25, -0.2) is 27.2 Å². The van der Waals surface area contributed by atoms with E-state index in [-0.39, 0.29) is 23.6 Å². The Balaban J connectivity index is 1.78. The van der Waals surface area contributed by atoms with Gasteiger partial charge in [0.15, 0.2) is 0 Å². The molecule has 1 N–H and O–H groups in total. The van der Waals surface area contributed by atoms with Crippen LogP contribution in [0.4, 0.5) is 17.6 Å². The smallest absolute Gasteiger partial charge is 0.143 e. The molecule has 4 aromatic rings. The van der Waals surface area contributed by atoms with Crippen LogP contribution in [0.15, 0.2) is 59.6 Å². The molecule has 0 amide bonds. The van der Waals surface area contributed by atoms with E-state index in [0.717, 1.165) is 24.3 Å². The number of rotatable bonds is 6. The molecular formula is C21H16F4N4O2. The minimum atomic E-state index is -1.99. The zero-order valence-electron chi connectivity index (χ0n) is 16.1. The van der Waals surface area contributed by atoms with E-state index < -0.39 is 40.4 Å². The first-order chi connectivity index (χ1) is 14.8. The van der Waals surface area contributed by atoms with Crippen molar-refractivity contribution in [3.05, 3.63) is 89.7 Å². The zero-order valence-corrected chi connectivity index (χ0v) is 16.1. The lowest BCUT2D eigenvalue weighted by molar-refractivity contribution is -0.0181. The van der Waals surface area contributed by atoms with E-state index in [1.165, 1.54) is 36.4 Å². The summed E-state index contributed by atoms with van der Waals surface area (Å²) in [6.45, 7) is 1.25. The third-order valence-corrected chi connectivity index (χ3v) is 5.16. The van der Waals surface area contributed by atoms with Crippen LogP contribution in [0.2, 0.25) is 0 Å². The van der Waals surface area contributed by atoms with Crippen molar-refractivity contribution in [3.63, 3.8) is 0 Å². The summed E-state index contributed by atoms with van der Waals surface area (Å²) in [6.07, 6.45) is 2.55. The summed E-state index contributed by atoms with van der Waals surface area (Å²) < 4.78 is 62.8. The number of halogens is 4. The number of hydrogen-bond acceptors (Lipinski definition) is 5. The maximum atomic E-state index is 14.6. The molecule has 2 heterocycles. The van der Waals surface area contributed by atoms with E-state index in [1.807, 2.05) is 0 Å². The fourth-order valence-electron chi connectivity index (χ4n) is 3.45. The van der Waals surface area contributed by atoms with Crippen molar-refractivity contribution in [2.24, 2.45) is 0 Å². The van der Waals surface area contributed by atoms with E-state index in [1.54, 1.807) is 0 Å². The molecular weight excluding hydrogens is 416 g/mol. The van der Waals surface area contributed by atoms with Gasteiger partial charge in [-0.1, -0.05) is 24.2 Å². The molecule has 0 aliphatic heterocycles. The SMILES string of the molecule is C[C@@H](c1cc(-c2c(F)cccc2F)no1)[C@](O)(Cn1cncn1)c1ccc(F)cc1F. The molecule has 0 fully saturated rings. The molecule has 2 aromatic carbocycles. The van der Waals surface area contributed by atoms with Crippen LogP contribution < -0.4 is 0 Å². The predicted octanol–water partition coefficient (Wildman–Crippen LogP) is 4.18. The van der Waals surface area contributed by atoms with Crippen molar-refractivity contribution in [1.29, 1.82) is 0 Å². The van der Waals surface area contributed by atoms with Crippen LogP contribution in [0.1, 0.15) is 24.2 Å². The Morgan fingerprint density at radius 2 is 1.81 bits per heavy atom. The van der Waals surface area contributed by atoms with Gasteiger partial charge in [-0.15, -0.1) is 0 Å². The quantitative estimate of drug-likeness (QED) is 0.463. The van der Waals surface area contributed by atoms with E-state index in [0.29, 0.717) is 6.07 Å². The van der Waals surface area contributed by atoms with Crippen molar-refractivity contribution >= 4 is 0 Å². The fourth-order valence-corrected chi connectivity index (χ4v) is 3.45. The van der Waals surface area contributed by atoms with Crippen LogP contribution in [-0.2, 0) is 12.1 Å². The van der Waals surface area contributed by atoms with Gasteiger partial charge in [0.2, 0.25) is 0 Å². The molecule has 2 atom stereocenters. The summed E-state index contributed by atoms with van der Waals surface area (Å²) in [5.74, 6) is -4.41. The van der Waals surface area contributed by atoms with Crippen molar-refractivity contribution < 1.29 is 27.2 Å². The topological polar surface area (TPSA) is 77.0 Å². The average Bonchev–Trinajstić information content (AvgIpc) is 3.39. The monoisotopic (exact) mass is 432 g/mol. The summed E-state index contributed by atoms with van der Waals surface area (Å²) in [5, 5.41) is 19.2. The van der Waals surface area contributed by atoms with Crippen molar-refractivity contribution in [2.45, 2.75) is 25.0 Å². The Hall–Kier alpha value is -3.53. The Labute approximate surface area is 173 Å². The minimum absolute atomic E-state index is 0.0315. The van der Waals surface area contributed by atoms with E-state index >= 15 is 0 Å². The van der Waals surface area contributed by atoms with Gasteiger partial charge in [0.25, 0.3) is 0 Å². The lowest BCUT2D eigenvalue weighted by atomic mass is 9.80. The lowest BCUT2D eigenvalue weighted by Gasteiger charge is -2.33. The molecule has 2 aromatic heterocycles. The second-order valence-corrected chi connectivity index (χ2v) is 7.07. The second kappa shape index (κ2) is 7.95. The van der Waals surface area contributed by atoms with E-state index in [2.05, 4.69) is 15.2 Å². The van der Waals surface area contributed by atoms with Gasteiger partial charge in [-0.2, -0.15) is 5.10 Å². The van der Waals surface area contributed by atoms with Crippen LogP contribution in [0.25, 0.3) is 11.3 Å². The highest BCUT2D eigenvalue weighted by molar-refractivity contribution is 5.60. The van der Waals surface area contributed by atoms with Crippen LogP contribution >= 0.6 is 0 Å². The standard InChI is InChI=1S/C21H16F4N4O2/c1-12(19-8-18(28-31-19)20-15(23)3-2-4-16(20)24)21(30,9-29-11-26-10-27-29)14-6-5-13(22)7-17(14)25/h2-8,10-12,30H,9H2,1H3/t12-,21+/m0/s1. The Morgan fingerprint density at radius 3 is 2.45 bits per heavy atom. The Kier molecular flexibility index (Phi) is 5.32. The summed E-state index contributed by atoms with van der Waals surface area (Å²) in [6, 6.07) is 7.40. The molecule has 4 rings (SSSR count). The summed E-state index contributed by atoms with van der Waals surface area (Å²) in [7, 11) is 0. The van der Waals surface area contributed by atoms with E-state index in [4.69, 9.17) is 4.52 Å². The van der Waals surface area contributed by atoms with Gasteiger partial charge < -0.3 is 9.63 Å². The Bertz CT molecular complexity index is 1190. The second-order valence-electron chi connectivity index (χ2n) is 7.07. The highest BCUT2D eigenvalue weighted by Crippen LogP contribution is 2.41. The van der Waals surface area contributed by atoms with Crippen LogP contribution in [0, 0.1) is 23.3 Å². The zero-order chi connectivity index (χ0) is 22.2. The molecule has 0 unspecified atom stereocenters. The predicted molar refractivity (Wildman–Crippen MR) is 101 cm³/mol. The van der Waals surface area contributed by atoms with Crippen molar-refractivity contribution in [3.8, 4) is 11.3 Å². The molecule has 0 spiro atoms. The van der Waals surface area contributed by atoms with Gasteiger partial charge in [-0.05, 0) is 18.2 Å².